The first-order valence-corrected chi connectivity index (χ1v) is 13.0. The molecule has 27 heavy (non-hydrogen) atoms. The molecule has 0 bridgehead atoms. The lowest BCUT2D eigenvalue weighted by Gasteiger charge is -2.42. The Morgan fingerprint density at radius 2 is 1.63 bits per heavy atom. The van der Waals surface area contributed by atoms with E-state index >= 15 is 0 Å². The largest absolute Gasteiger partial charge is 0.591 e. The van der Waals surface area contributed by atoms with Crippen molar-refractivity contribution in [3.05, 3.63) is 35.1 Å². The van der Waals surface area contributed by atoms with Crippen LogP contribution in [0.1, 0.15) is 73.4 Å². The topological polar surface area (TPSA) is 44.6 Å². The van der Waals surface area contributed by atoms with Gasteiger partial charge in [-0.2, -0.15) is 0 Å². The van der Waals surface area contributed by atoms with E-state index in [0.717, 1.165) is 0 Å². The molecule has 1 atom stereocenters. The SMILES string of the molecule is CC(C)[Si](OCc1c(F)cccc1/C=N\[S+]([O-])C(C)(C)C)(C(C)C)C(C)C. The Morgan fingerprint density at radius 1 is 1.11 bits per heavy atom. The summed E-state index contributed by atoms with van der Waals surface area (Å²) in [6.07, 6.45) is 1.52. The molecule has 154 valence electrons. The Bertz CT molecular complexity index is 620. The second-order valence-electron chi connectivity index (χ2n) is 9.01. The molecule has 0 aliphatic rings. The van der Waals surface area contributed by atoms with Crippen molar-refractivity contribution in [1.82, 2.24) is 0 Å². The minimum absolute atomic E-state index is 0.219. The van der Waals surface area contributed by atoms with Crippen molar-refractivity contribution in [1.29, 1.82) is 0 Å². The van der Waals surface area contributed by atoms with Gasteiger partial charge in [0, 0.05) is 11.1 Å². The molecule has 0 amide bonds. The predicted molar refractivity (Wildman–Crippen MR) is 118 cm³/mol. The number of halogens is 1. The molecule has 0 aromatic heterocycles. The van der Waals surface area contributed by atoms with Crippen LogP contribution in [-0.4, -0.2) is 23.8 Å². The van der Waals surface area contributed by atoms with Gasteiger partial charge >= 0.3 is 0 Å². The van der Waals surface area contributed by atoms with Crippen LogP contribution in [0.3, 0.4) is 0 Å². The highest BCUT2D eigenvalue weighted by Crippen LogP contribution is 2.42. The van der Waals surface area contributed by atoms with E-state index in [1.54, 1.807) is 12.1 Å². The van der Waals surface area contributed by atoms with Crippen LogP contribution in [0.5, 0.6) is 0 Å². The van der Waals surface area contributed by atoms with Gasteiger partial charge in [-0.1, -0.05) is 58.1 Å². The number of hydrogen-bond acceptors (Lipinski definition) is 3. The van der Waals surface area contributed by atoms with Crippen molar-refractivity contribution >= 4 is 25.9 Å². The van der Waals surface area contributed by atoms with Crippen LogP contribution in [0.25, 0.3) is 0 Å². The average Bonchev–Trinajstić information content (AvgIpc) is 2.52. The third-order valence-corrected chi connectivity index (χ3v) is 12.5. The molecular weight excluding hydrogens is 377 g/mol. The fraction of sp³-hybridized carbons (Fsp3) is 0.667. The van der Waals surface area contributed by atoms with Gasteiger partial charge in [0.1, 0.15) is 21.9 Å². The second kappa shape index (κ2) is 9.68. The summed E-state index contributed by atoms with van der Waals surface area (Å²) in [6.45, 7) is 19.1. The second-order valence-corrected chi connectivity index (χ2v) is 16.4. The molecule has 0 radical (unpaired) electrons. The molecule has 0 aliphatic heterocycles. The lowest BCUT2D eigenvalue weighted by molar-refractivity contribution is 0.261. The Balaban J connectivity index is 3.19. The fourth-order valence-electron chi connectivity index (χ4n) is 3.81. The first-order valence-electron chi connectivity index (χ1n) is 9.71. The van der Waals surface area contributed by atoms with Crippen molar-refractivity contribution < 1.29 is 13.4 Å². The maximum absolute atomic E-state index is 14.6. The summed E-state index contributed by atoms with van der Waals surface area (Å²) in [5.41, 5.74) is 2.40. The Kier molecular flexibility index (Phi) is 8.73. The van der Waals surface area contributed by atoms with Crippen molar-refractivity contribution in [2.45, 2.75) is 90.3 Å². The quantitative estimate of drug-likeness (QED) is 0.281. The van der Waals surface area contributed by atoms with E-state index < -0.39 is 24.4 Å². The van der Waals surface area contributed by atoms with E-state index in [0.29, 0.717) is 27.8 Å². The van der Waals surface area contributed by atoms with Gasteiger partial charge < -0.3 is 8.98 Å². The standard InChI is InChI=1S/C21H36FNO2SSi/c1-15(2)27(16(3)4,17(5)6)25-14-19-18(11-10-12-20(19)22)13-23-26(24)21(7,8)9/h10-13,15-17H,14H2,1-9H3/b23-13-. The highest BCUT2D eigenvalue weighted by Gasteiger charge is 2.45. The van der Waals surface area contributed by atoms with Crippen LogP contribution >= 0.6 is 0 Å². The number of nitrogens with zero attached hydrogens (tertiary/aromatic N) is 1. The third kappa shape index (κ3) is 5.89. The van der Waals surface area contributed by atoms with E-state index in [1.807, 2.05) is 20.8 Å². The normalized spacial score (nSPS) is 14.7. The average molecular weight is 414 g/mol. The highest BCUT2D eigenvalue weighted by atomic mass is 32.2. The Labute approximate surface area is 169 Å². The van der Waals surface area contributed by atoms with Crippen molar-refractivity contribution in [3.63, 3.8) is 0 Å². The zero-order chi connectivity index (χ0) is 21.0. The van der Waals surface area contributed by atoms with Gasteiger partial charge in [0.15, 0.2) is 0 Å². The molecule has 1 aromatic carbocycles. The number of hydrogen-bond donors (Lipinski definition) is 0. The molecule has 0 spiro atoms. The molecule has 1 unspecified atom stereocenters. The van der Waals surface area contributed by atoms with Crippen molar-refractivity contribution in [3.8, 4) is 0 Å². The minimum atomic E-state index is -2.10. The monoisotopic (exact) mass is 413 g/mol. The smallest absolute Gasteiger partial charge is 0.200 e. The van der Waals surface area contributed by atoms with Gasteiger partial charge in [-0.05, 0) is 43.5 Å². The van der Waals surface area contributed by atoms with E-state index in [-0.39, 0.29) is 12.4 Å². The zero-order valence-electron chi connectivity index (χ0n) is 18.3. The summed E-state index contributed by atoms with van der Waals surface area (Å²) in [6, 6.07) is 4.90. The van der Waals surface area contributed by atoms with Crippen LogP contribution in [0, 0.1) is 5.82 Å². The van der Waals surface area contributed by atoms with E-state index in [2.05, 4.69) is 45.9 Å². The van der Waals surface area contributed by atoms with Gasteiger partial charge in [0.25, 0.3) is 0 Å². The summed E-state index contributed by atoms with van der Waals surface area (Å²) >= 11 is -1.38. The molecule has 0 saturated heterocycles. The zero-order valence-corrected chi connectivity index (χ0v) is 20.1. The van der Waals surface area contributed by atoms with Crippen LogP contribution in [0.4, 0.5) is 4.39 Å². The third-order valence-electron chi connectivity index (χ3n) is 5.14. The first-order chi connectivity index (χ1) is 12.3. The molecule has 0 heterocycles. The lowest BCUT2D eigenvalue weighted by atomic mass is 10.1. The minimum Gasteiger partial charge on any atom is -0.591 e. The van der Waals surface area contributed by atoms with Crippen molar-refractivity contribution in [2.75, 3.05) is 0 Å². The van der Waals surface area contributed by atoms with Gasteiger partial charge in [-0.3, -0.25) is 0 Å². The van der Waals surface area contributed by atoms with E-state index in [1.165, 1.54) is 12.3 Å². The fourth-order valence-corrected chi connectivity index (χ4v) is 9.73. The molecule has 3 nitrogen and oxygen atoms in total. The van der Waals surface area contributed by atoms with Gasteiger partial charge in [0.05, 0.1) is 12.8 Å². The van der Waals surface area contributed by atoms with Crippen LogP contribution in [0.2, 0.25) is 16.6 Å². The van der Waals surface area contributed by atoms with Crippen molar-refractivity contribution in [2.24, 2.45) is 4.40 Å². The number of rotatable bonds is 8. The van der Waals surface area contributed by atoms with Gasteiger partial charge in [-0.15, -0.1) is 0 Å². The summed E-state index contributed by atoms with van der Waals surface area (Å²) in [5, 5.41) is 0. The molecule has 0 fully saturated rings. The van der Waals surface area contributed by atoms with Crippen LogP contribution in [0.15, 0.2) is 22.6 Å². The van der Waals surface area contributed by atoms with E-state index in [4.69, 9.17) is 4.43 Å². The molecule has 0 aliphatic carbocycles. The summed E-state index contributed by atoms with van der Waals surface area (Å²) in [5.74, 6) is -0.306. The highest BCUT2D eigenvalue weighted by molar-refractivity contribution is 7.91. The maximum atomic E-state index is 14.6. The summed E-state index contributed by atoms with van der Waals surface area (Å²) < 4.78 is 37.1. The van der Waals surface area contributed by atoms with E-state index in [9.17, 15) is 8.94 Å². The van der Waals surface area contributed by atoms with Gasteiger partial charge in [0.2, 0.25) is 8.32 Å². The molecule has 6 heteroatoms. The number of benzene rings is 1. The summed E-state index contributed by atoms with van der Waals surface area (Å²) in [4.78, 5) is 0. The maximum Gasteiger partial charge on any atom is 0.200 e. The molecule has 1 rings (SSSR count). The molecule has 0 N–H and O–H groups in total. The predicted octanol–water partition coefficient (Wildman–Crippen LogP) is 6.40. The lowest BCUT2D eigenvalue weighted by Crippen LogP contribution is -2.47. The van der Waals surface area contributed by atoms with Gasteiger partial charge in [-0.25, -0.2) is 4.39 Å². The van der Waals surface area contributed by atoms with Crippen LogP contribution in [-0.2, 0) is 22.4 Å². The Hall–Kier alpha value is -0.693. The summed E-state index contributed by atoms with van der Waals surface area (Å²) in [7, 11) is -2.10. The molecule has 1 aromatic rings. The molecule has 0 saturated carbocycles. The van der Waals surface area contributed by atoms with Crippen LogP contribution < -0.4 is 0 Å². The first kappa shape index (κ1) is 24.3. The molecular formula is C21H36FNO2SSi. The Morgan fingerprint density at radius 3 is 2.07 bits per heavy atom.